The van der Waals surface area contributed by atoms with Crippen LogP contribution in [0.2, 0.25) is 5.02 Å². The zero-order chi connectivity index (χ0) is 11.5. The van der Waals surface area contributed by atoms with E-state index >= 15 is 0 Å². The summed E-state index contributed by atoms with van der Waals surface area (Å²) in [7, 11) is 0. The predicted molar refractivity (Wildman–Crippen MR) is 69.4 cm³/mol. The second kappa shape index (κ2) is 5.04. The number of benzene rings is 1. The zero-order valence-corrected chi connectivity index (χ0v) is 10.6. The number of alkyl halides is 1. The molecule has 84 valence electrons. The molecule has 0 saturated heterocycles. The first-order valence-corrected chi connectivity index (χ1v) is 6.48. The molecule has 0 unspecified atom stereocenters. The Morgan fingerprint density at radius 1 is 1.44 bits per heavy atom. The van der Waals surface area contributed by atoms with Crippen molar-refractivity contribution in [3.63, 3.8) is 0 Å². The Balaban J connectivity index is 2.24. The van der Waals surface area contributed by atoms with Crippen molar-refractivity contribution in [3.05, 3.63) is 34.2 Å². The number of rotatable bonds is 3. The molecule has 0 saturated carbocycles. The lowest BCUT2D eigenvalue weighted by Crippen LogP contribution is -2.23. The first-order chi connectivity index (χ1) is 7.70. The summed E-state index contributed by atoms with van der Waals surface area (Å²) in [5.41, 5.74) is 1.07. The van der Waals surface area contributed by atoms with Crippen LogP contribution in [0.4, 0.5) is 0 Å². The van der Waals surface area contributed by atoms with Crippen LogP contribution >= 0.6 is 34.5 Å². The van der Waals surface area contributed by atoms with Gasteiger partial charge >= 0.3 is 0 Å². The predicted octanol–water partition coefficient (Wildman–Crippen LogP) is 3.41. The van der Waals surface area contributed by atoms with E-state index < -0.39 is 0 Å². The van der Waals surface area contributed by atoms with Gasteiger partial charge in [-0.2, -0.15) is 0 Å². The zero-order valence-electron chi connectivity index (χ0n) is 8.30. The fourth-order valence-corrected chi connectivity index (χ4v) is 2.64. The van der Waals surface area contributed by atoms with E-state index in [1.54, 1.807) is 11.3 Å². The maximum Gasteiger partial charge on any atom is 0.235 e. The lowest BCUT2D eigenvalue weighted by Gasteiger charge is -2.01. The number of carbonyl (C=O) groups excluding carboxylic acids is 1. The maximum absolute atomic E-state index is 11.0. The van der Waals surface area contributed by atoms with Crippen molar-refractivity contribution in [2.24, 2.45) is 0 Å². The standard InChI is InChI=1S/C11H9Cl2NOS/c12-4-11(15)14-5-7-6-16-10-2-1-8(13)3-9(7)10/h1-3,6H,4-5H2,(H,14,15). The molecule has 2 nitrogen and oxygen atoms in total. The summed E-state index contributed by atoms with van der Waals surface area (Å²) in [6.45, 7) is 0.492. The number of hydrogen-bond donors (Lipinski definition) is 1. The highest BCUT2D eigenvalue weighted by Crippen LogP contribution is 2.28. The third-order valence-corrected chi connectivity index (χ3v) is 3.70. The van der Waals surface area contributed by atoms with Crippen molar-refractivity contribution in [1.29, 1.82) is 0 Å². The summed E-state index contributed by atoms with van der Waals surface area (Å²) in [5, 5.41) is 6.56. The summed E-state index contributed by atoms with van der Waals surface area (Å²) < 4.78 is 1.17. The average Bonchev–Trinajstić information content (AvgIpc) is 2.68. The second-order valence-corrected chi connectivity index (χ2v) is 4.93. The Bertz CT molecular complexity index is 524. The number of thiophene rings is 1. The lowest BCUT2D eigenvalue weighted by atomic mass is 10.2. The Morgan fingerprint density at radius 3 is 3.00 bits per heavy atom. The summed E-state index contributed by atoms with van der Waals surface area (Å²) in [6.07, 6.45) is 0. The molecule has 0 bridgehead atoms. The SMILES string of the molecule is O=C(CCl)NCc1csc2ccc(Cl)cc12. The van der Waals surface area contributed by atoms with Crippen molar-refractivity contribution >= 4 is 50.5 Å². The molecular weight excluding hydrogens is 265 g/mol. The van der Waals surface area contributed by atoms with E-state index in [-0.39, 0.29) is 11.8 Å². The Morgan fingerprint density at radius 2 is 2.25 bits per heavy atom. The van der Waals surface area contributed by atoms with Crippen molar-refractivity contribution in [2.75, 3.05) is 5.88 Å². The van der Waals surface area contributed by atoms with Crippen LogP contribution in [0.1, 0.15) is 5.56 Å². The van der Waals surface area contributed by atoms with E-state index in [0.717, 1.165) is 10.9 Å². The molecule has 5 heteroatoms. The van der Waals surface area contributed by atoms with Gasteiger partial charge in [-0.05, 0) is 34.5 Å². The van der Waals surface area contributed by atoms with E-state index in [1.165, 1.54) is 4.70 Å². The third kappa shape index (κ3) is 2.48. The maximum atomic E-state index is 11.0. The molecule has 1 aromatic heterocycles. The topological polar surface area (TPSA) is 29.1 Å². The van der Waals surface area contributed by atoms with Gasteiger partial charge in [-0.25, -0.2) is 0 Å². The van der Waals surface area contributed by atoms with Crippen LogP contribution in [0.25, 0.3) is 10.1 Å². The van der Waals surface area contributed by atoms with E-state index in [4.69, 9.17) is 23.2 Å². The number of fused-ring (bicyclic) bond motifs is 1. The molecule has 0 atom stereocenters. The Labute approximate surface area is 107 Å². The summed E-state index contributed by atoms with van der Waals surface area (Å²) >= 11 is 13.0. The highest BCUT2D eigenvalue weighted by molar-refractivity contribution is 7.17. The molecule has 1 N–H and O–H groups in total. The van der Waals surface area contributed by atoms with Crippen LogP contribution in [-0.4, -0.2) is 11.8 Å². The molecule has 0 aliphatic heterocycles. The largest absolute Gasteiger partial charge is 0.351 e. The lowest BCUT2D eigenvalue weighted by molar-refractivity contribution is -0.118. The average molecular weight is 274 g/mol. The molecule has 0 aliphatic carbocycles. The van der Waals surface area contributed by atoms with Gasteiger partial charge in [0.05, 0.1) is 0 Å². The van der Waals surface area contributed by atoms with E-state index in [9.17, 15) is 4.79 Å². The molecule has 0 radical (unpaired) electrons. The molecule has 1 heterocycles. The fourth-order valence-electron chi connectivity index (χ4n) is 1.43. The van der Waals surface area contributed by atoms with Gasteiger partial charge in [0.15, 0.2) is 0 Å². The number of amides is 1. The molecular formula is C11H9Cl2NOS. The molecule has 2 aromatic rings. The smallest absolute Gasteiger partial charge is 0.235 e. The summed E-state index contributed by atoms with van der Waals surface area (Å²) in [5.74, 6) is -0.175. The van der Waals surface area contributed by atoms with Gasteiger partial charge in [0.25, 0.3) is 0 Å². The first-order valence-electron chi connectivity index (χ1n) is 4.69. The van der Waals surface area contributed by atoms with Crippen LogP contribution in [0.15, 0.2) is 23.6 Å². The van der Waals surface area contributed by atoms with Crippen molar-refractivity contribution in [1.82, 2.24) is 5.32 Å². The van der Waals surface area contributed by atoms with Crippen LogP contribution in [-0.2, 0) is 11.3 Å². The number of nitrogens with one attached hydrogen (secondary N) is 1. The van der Waals surface area contributed by atoms with Crippen LogP contribution < -0.4 is 5.32 Å². The minimum atomic E-state index is -0.164. The van der Waals surface area contributed by atoms with Gasteiger partial charge < -0.3 is 5.32 Å². The normalized spacial score (nSPS) is 10.6. The van der Waals surface area contributed by atoms with E-state index in [2.05, 4.69) is 5.32 Å². The number of hydrogen-bond acceptors (Lipinski definition) is 2. The monoisotopic (exact) mass is 273 g/mol. The highest BCUT2D eigenvalue weighted by Gasteiger charge is 2.05. The van der Waals surface area contributed by atoms with Gasteiger partial charge in [0.2, 0.25) is 5.91 Å². The van der Waals surface area contributed by atoms with Crippen molar-refractivity contribution < 1.29 is 4.79 Å². The van der Waals surface area contributed by atoms with E-state index in [0.29, 0.717) is 11.6 Å². The van der Waals surface area contributed by atoms with E-state index in [1.807, 2.05) is 23.6 Å². The van der Waals surface area contributed by atoms with Gasteiger partial charge in [-0.15, -0.1) is 22.9 Å². The summed E-state index contributed by atoms with van der Waals surface area (Å²) in [4.78, 5) is 11.0. The Hall–Kier alpha value is -0.770. The Kier molecular flexibility index (Phi) is 3.69. The molecule has 1 amide bonds. The van der Waals surface area contributed by atoms with Crippen LogP contribution in [0, 0.1) is 0 Å². The molecule has 2 rings (SSSR count). The van der Waals surface area contributed by atoms with Crippen LogP contribution in [0.5, 0.6) is 0 Å². The minimum Gasteiger partial charge on any atom is -0.351 e. The highest BCUT2D eigenvalue weighted by atomic mass is 35.5. The molecule has 1 aromatic carbocycles. The first kappa shape index (κ1) is 11.7. The van der Waals surface area contributed by atoms with Crippen molar-refractivity contribution in [2.45, 2.75) is 6.54 Å². The molecule has 0 spiro atoms. The molecule has 0 fully saturated rings. The van der Waals surface area contributed by atoms with Gasteiger partial charge in [0, 0.05) is 16.3 Å². The van der Waals surface area contributed by atoms with Gasteiger partial charge in [-0.3, -0.25) is 4.79 Å². The number of halogens is 2. The minimum absolute atomic E-state index is 0.0111. The van der Waals surface area contributed by atoms with Crippen LogP contribution in [0.3, 0.4) is 0 Å². The summed E-state index contributed by atoms with van der Waals surface area (Å²) in [6, 6.07) is 5.76. The third-order valence-electron chi connectivity index (χ3n) is 2.21. The molecule has 16 heavy (non-hydrogen) atoms. The second-order valence-electron chi connectivity index (χ2n) is 3.31. The molecule has 0 aliphatic rings. The quantitative estimate of drug-likeness (QED) is 0.854. The number of carbonyl (C=O) groups is 1. The van der Waals surface area contributed by atoms with Crippen molar-refractivity contribution in [3.8, 4) is 0 Å². The fraction of sp³-hybridized carbons (Fsp3) is 0.182. The van der Waals surface area contributed by atoms with Gasteiger partial charge in [-0.1, -0.05) is 11.6 Å². The van der Waals surface area contributed by atoms with Gasteiger partial charge in [0.1, 0.15) is 5.88 Å².